The summed E-state index contributed by atoms with van der Waals surface area (Å²) >= 11 is 0. The Kier molecular flexibility index (Phi) is 4.52. The lowest BCUT2D eigenvalue weighted by molar-refractivity contribution is 0.0921. The number of carbonyl (C=O) groups excluding carboxylic acids is 1. The quantitative estimate of drug-likeness (QED) is 0.792. The minimum absolute atomic E-state index is 0.0780. The standard InChI is InChI=1S/C16H12FNO3/c1-20-16-6-5-12(8-14(16)17)15(19)10-21-13-4-2-3-11(7-13)9-18/h2-8H,10H2,1H3. The Hall–Kier alpha value is -2.87. The molecule has 2 rings (SSSR count). The van der Waals surface area contributed by atoms with Gasteiger partial charge in [0.25, 0.3) is 0 Å². The summed E-state index contributed by atoms with van der Waals surface area (Å²) in [5, 5.41) is 8.77. The van der Waals surface area contributed by atoms with Crippen molar-refractivity contribution in [3.8, 4) is 17.6 Å². The van der Waals surface area contributed by atoms with Crippen LogP contribution < -0.4 is 9.47 Å². The van der Waals surface area contributed by atoms with Gasteiger partial charge in [-0.25, -0.2) is 4.39 Å². The van der Waals surface area contributed by atoms with Crippen molar-refractivity contribution in [2.75, 3.05) is 13.7 Å². The fourth-order valence-corrected chi connectivity index (χ4v) is 1.73. The molecule has 2 aromatic carbocycles. The van der Waals surface area contributed by atoms with Crippen LogP contribution in [0.25, 0.3) is 0 Å². The van der Waals surface area contributed by atoms with E-state index in [1.165, 1.54) is 25.3 Å². The zero-order valence-electron chi connectivity index (χ0n) is 11.3. The van der Waals surface area contributed by atoms with E-state index in [1.54, 1.807) is 18.2 Å². The number of Topliss-reactive ketones (excluding diaryl/α,β-unsaturated/α-hetero) is 1. The third kappa shape index (κ3) is 3.57. The fourth-order valence-electron chi connectivity index (χ4n) is 1.73. The molecule has 0 aliphatic carbocycles. The first kappa shape index (κ1) is 14.5. The minimum atomic E-state index is -0.602. The van der Waals surface area contributed by atoms with Gasteiger partial charge in [-0.1, -0.05) is 6.07 Å². The molecule has 4 nitrogen and oxygen atoms in total. The average Bonchev–Trinajstić information content (AvgIpc) is 2.52. The van der Waals surface area contributed by atoms with E-state index in [0.717, 1.165) is 6.07 Å². The van der Waals surface area contributed by atoms with Crippen LogP contribution >= 0.6 is 0 Å². The lowest BCUT2D eigenvalue weighted by Crippen LogP contribution is -2.12. The molecule has 0 amide bonds. The summed E-state index contributed by atoms with van der Waals surface area (Å²) in [6, 6.07) is 12.4. The molecule has 0 aliphatic heterocycles. The molecule has 0 atom stereocenters. The molecular weight excluding hydrogens is 273 g/mol. The van der Waals surface area contributed by atoms with Gasteiger partial charge in [-0.15, -0.1) is 0 Å². The molecule has 0 bridgehead atoms. The molecule has 2 aromatic rings. The SMILES string of the molecule is COc1ccc(C(=O)COc2cccc(C#N)c2)cc1F. The van der Waals surface area contributed by atoms with Crippen LogP contribution in [-0.4, -0.2) is 19.5 Å². The van der Waals surface area contributed by atoms with Gasteiger partial charge in [0.1, 0.15) is 5.75 Å². The van der Waals surface area contributed by atoms with E-state index in [4.69, 9.17) is 14.7 Å². The second-order valence-corrected chi connectivity index (χ2v) is 4.20. The maximum Gasteiger partial charge on any atom is 0.200 e. The lowest BCUT2D eigenvalue weighted by atomic mass is 10.1. The summed E-state index contributed by atoms with van der Waals surface area (Å²) in [5.74, 6) is -0.473. The first-order valence-electron chi connectivity index (χ1n) is 6.13. The number of ketones is 1. The molecule has 0 aromatic heterocycles. The van der Waals surface area contributed by atoms with Crippen LogP contribution in [0.5, 0.6) is 11.5 Å². The summed E-state index contributed by atoms with van der Waals surface area (Å²) in [6.45, 7) is -0.235. The number of nitrogens with zero attached hydrogens (tertiary/aromatic N) is 1. The van der Waals surface area contributed by atoms with Crippen molar-refractivity contribution < 1.29 is 18.7 Å². The summed E-state index contributed by atoms with van der Waals surface area (Å²) < 4.78 is 23.6. The lowest BCUT2D eigenvalue weighted by Gasteiger charge is -2.07. The van der Waals surface area contributed by atoms with Crippen LogP contribution in [0.15, 0.2) is 42.5 Å². The van der Waals surface area contributed by atoms with E-state index in [2.05, 4.69) is 0 Å². The molecule has 0 spiro atoms. The normalized spacial score (nSPS) is 9.76. The largest absolute Gasteiger partial charge is 0.494 e. The van der Waals surface area contributed by atoms with Crippen LogP contribution in [0.1, 0.15) is 15.9 Å². The van der Waals surface area contributed by atoms with Crippen LogP contribution in [0, 0.1) is 17.1 Å². The highest BCUT2D eigenvalue weighted by atomic mass is 19.1. The zero-order chi connectivity index (χ0) is 15.2. The maximum absolute atomic E-state index is 13.5. The monoisotopic (exact) mass is 285 g/mol. The Balaban J connectivity index is 2.04. The van der Waals surface area contributed by atoms with Crippen molar-refractivity contribution in [2.24, 2.45) is 0 Å². The van der Waals surface area contributed by atoms with Gasteiger partial charge in [-0.3, -0.25) is 4.79 Å². The predicted molar refractivity (Wildman–Crippen MR) is 73.9 cm³/mol. The van der Waals surface area contributed by atoms with E-state index >= 15 is 0 Å². The number of carbonyl (C=O) groups is 1. The summed E-state index contributed by atoms with van der Waals surface area (Å²) in [5.41, 5.74) is 0.639. The molecule has 0 heterocycles. The van der Waals surface area contributed by atoms with E-state index in [-0.39, 0.29) is 23.7 Å². The van der Waals surface area contributed by atoms with Crippen LogP contribution in [0.3, 0.4) is 0 Å². The first-order valence-corrected chi connectivity index (χ1v) is 6.13. The van der Waals surface area contributed by atoms with Gasteiger partial charge in [-0.05, 0) is 36.4 Å². The van der Waals surface area contributed by atoms with Crippen LogP contribution in [0.4, 0.5) is 4.39 Å². The Labute approximate surface area is 121 Å². The molecule has 5 heteroatoms. The van der Waals surface area contributed by atoms with E-state index in [1.807, 2.05) is 6.07 Å². The van der Waals surface area contributed by atoms with Crippen molar-refractivity contribution >= 4 is 5.78 Å². The molecule has 21 heavy (non-hydrogen) atoms. The zero-order valence-corrected chi connectivity index (χ0v) is 11.3. The van der Waals surface area contributed by atoms with E-state index < -0.39 is 5.82 Å². The van der Waals surface area contributed by atoms with Crippen molar-refractivity contribution in [1.82, 2.24) is 0 Å². The van der Waals surface area contributed by atoms with Crippen molar-refractivity contribution in [3.05, 3.63) is 59.4 Å². The summed E-state index contributed by atoms with van der Waals surface area (Å²) in [6.07, 6.45) is 0. The summed E-state index contributed by atoms with van der Waals surface area (Å²) in [4.78, 5) is 11.9. The highest BCUT2D eigenvalue weighted by Crippen LogP contribution is 2.18. The fraction of sp³-hybridized carbons (Fsp3) is 0.125. The van der Waals surface area contributed by atoms with Crippen LogP contribution in [-0.2, 0) is 0 Å². The Morgan fingerprint density at radius 1 is 1.29 bits per heavy atom. The second kappa shape index (κ2) is 6.53. The van der Waals surface area contributed by atoms with Gasteiger partial charge in [0, 0.05) is 5.56 Å². The van der Waals surface area contributed by atoms with Gasteiger partial charge >= 0.3 is 0 Å². The van der Waals surface area contributed by atoms with Gasteiger partial charge in [-0.2, -0.15) is 5.26 Å². The first-order chi connectivity index (χ1) is 10.1. The molecule has 0 saturated carbocycles. The van der Waals surface area contributed by atoms with Crippen molar-refractivity contribution in [2.45, 2.75) is 0 Å². The predicted octanol–water partition coefficient (Wildman–Crippen LogP) is 2.97. The molecule has 0 N–H and O–H groups in total. The number of hydrogen-bond acceptors (Lipinski definition) is 4. The number of ether oxygens (including phenoxy) is 2. The smallest absolute Gasteiger partial charge is 0.200 e. The number of methoxy groups -OCH3 is 1. The van der Waals surface area contributed by atoms with Gasteiger partial charge in [0.05, 0.1) is 18.7 Å². The molecule has 0 saturated heterocycles. The van der Waals surface area contributed by atoms with E-state index in [9.17, 15) is 9.18 Å². The Bertz CT molecular complexity index is 707. The Morgan fingerprint density at radius 3 is 2.76 bits per heavy atom. The second-order valence-electron chi connectivity index (χ2n) is 4.20. The molecule has 0 radical (unpaired) electrons. The summed E-state index contributed by atoms with van der Waals surface area (Å²) in [7, 11) is 1.35. The van der Waals surface area contributed by atoms with Gasteiger partial charge in [0.2, 0.25) is 0 Å². The average molecular weight is 285 g/mol. The van der Waals surface area contributed by atoms with Crippen LogP contribution in [0.2, 0.25) is 0 Å². The minimum Gasteiger partial charge on any atom is -0.494 e. The number of halogens is 1. The Morgan fingerprint density at radius 2 is 2.10 bits per heavy atom. The highest BCUT2D eigenvalue weighted by molar-refractivity contribution is 5.97. The van der Waals surface area contributed by atoms with Crippen molar-refractivity contribution in [3.63, 3.8) is 0 Å². The topological polar surface area (TPSA) is 59.3 Å². The third-order valence-electron chi connectivity index (χ3n) is 2.81. The molecular formula is C16H12FNO3. The molecule has 0 unspecified atom stereocenters. The highest BCUT2D eigenvalue weighted by Gasteiger charge is 2.11. The number of benzene rings is 2. The number of rotatable bonds is 5. The third-order valence-corrected chi connectivity index (χ3v) is 2.81. The molecule has 0 fully saturated rings. The van der Waals surface area contributed by atoms with Gasteiger partial charge < -0.3 is 9.47 Å². The van der Waals surface area contributed by atoms with E-state index in [0.29, 0.717) is 11.3 Å². The molecule has 106 valence electrons. The van der Waals surface area contributed by atoms with Crippen molar-refractivity contribution in [1.29, 1.82) is 5.26 Å². The molecule has 0 aliphatic rings. The number of hydrogen-bond donors (Lipinski definition) is 0. The van der Waals surface area contributed by atoms with Gasteiger partial charge in [0.15, 0.2) is 24.0 Å². The number of nitriles is 1. The maximum atomic E-state index is 13.5.